The fourth-order valence-corrected chi connectivity index (χ4v) is 11.7. The maximum Gasteiger partial charge on any atom is 0.276 e. The first-order chi connectivity index (χ1) is 32.4. The molecule has 2 aliphatic rings. The van der Waals surface area contributed by atoms with Crippen LogP contribution in [0.2, 0.25) is 0 Å². The summed E-state index contributed by atoms with van der Waals surface area (Å²) in [6, 6.07) is 52.2. The van der Waals surface area contributed by atoms with Crippen molar-refractivity contribution in [1.29, 1.82) is 0 Å². The Balaban J connectivity index is 0.941. The largest absolute Gasteiger partial charge is 0.472 e. The second kappa shape index (κ2) is 18.8. The van der Waals surface area contributed by atoms with Crippen LogP contribution in [0.15, 0.2) is 186 Å². The van der Waals surface area contributed by atoms with Gasteiger partial charge in [-0.1, -0.05) is 168 Å². The number of carbonyl (C=O) groups excluding carboxylic acids is 2. The molecule has 1 saturated heterocycles. The lowest BCUT2D eigenvalue weighted by molar-refractivity contribution is -0.148. The van der Waals surface area contributed by atoms with Crippen LogP contribution in [-0.4, -0.2) is 67.0 Å². The Labute approximate surface area is 398 Å². The molecule has 0 aliphatic carbocycles. The first kappa shape index (κ1) is 42.9. The number of hydrogen-bond donors (Lipinski definition) is 2. The number of ether oxygens (including phenoxy) is 1. The minimum Gasteiger partial charge on any atom is -0.472 e. The third-order valence-electron chi connectivity index (χ3n) is 11.4. The van der Waals surface area contributed by atoms with Crippen molar-refractivity contribution in [2.75, 3.05) is 12.4 Å². The predicted molar refractivity (Wildman–Crippen MR) is 266 cm³/mol. The van der Waals surface area contributed by atoms with E-state index in [1.54, 1.807) is 16.5 Å². The number of pyridine rings is 1. The fourth-order valence-electron chi connectivity index (χ4n) is 8.35. The lowest BCUT2D eigenvalue weighted by atomic mass is 9.77. The van der Waals surface area contributed by atoms with Gasteiger partial charge < -0.3 is 25.1 Å². The van der Waals surface area contributed by atoms with Gasteiger partial charge in [-0.2, -0.15) is 0 Å². The van der Waals surface area contributed by atoms with Crippen LogP contribution in [0.25, 0.3) is 15.9 Å². The molecule has 2 N–H and O–H groups in total. The molecule has 0 radical (unpaired) electrons. The molecule has 1 fully saturated rings. The second-order valence-electron chi connectivity index (χ2n) is 15.3. The molecule has 11 nitrogen and oxygen atoms in total. The Morgan fingerprint density at radius 3 is 1.92 bits per heavy atom. The molecular weight excluding hydrogens is 903 g/mol. The zero-order chi connectivity index (χ0) is 45.0. The highest BCUT2D eigenvalue weighted by molar-refractivity contribution is 8.03. The number of nitrogens with one attached hydrogen (secondary N) is 2. The number of hydrogen-bond acceptors (Lipinski definition) is 13. The molecule has 2 amide bonds. The number of β-lactam (4-membered cyclic amide) rings is 1. The summed E-state index contributed by atoms with van der Waals surface area (Å²) in [6.07, 6.45) is 1.17. The Hall–Kier alpha value is -7.04. The van der Waals surface area contributed by atoms with E-state index in [-0.39, 0.29) is 22.4 Å². The van der Waals surface area contributed by atoms with Crippen molar-refractivity contribution in [2.45, 2.75) is 29.1 Å². The summed E-state index contributed by atoms with van der Waals surface area (Å²) in [4.78, 5) is 50.9. The van der Waals surface area contributed by atoms with Crippen molar-refractivity contribution in [1.82, 2.24) is 25.2 Å². The van der Waals surface area contributed by atoms with Crippen molar-refractivity contribution in [3.8, 4) is 0 Å². The summed E-state index contributed by atoms with van der Waals surface area (Å²) in [5.41, 5.74) is 5.58. The van der Waals surface area contributed by atoms with Crippen molar-refractivity contribution in [3.05, 3.63) is 219 Å². The van der Waals surface area contributed by atoms with E-state index < -0.39 is 35.0 Å². The van der Waals surface area contributed by atoms with E-state index in [1.807, 2.05) is 133 Å². The van der Waals surface area contributed by atoms with Gasteiger partial charge >= 0.3 is 0 Å². The second-order valence-corrected chi connectivity index (χ2v) is 18.5. The first-order valence-corrected chi connectivity index (χ1v) is 24.0. The van der Waals surface area contributed by atoms with Crippen LogP contribution in [0.5, 0.6) is 0 Å². The maximum atomic E-state index is 14.5. The summed E-state index contributed by atoms with van der Waals surface area (Å²) in [6.45, 7) is 0. The zero-order valence-electron chi connectivity index (χ0n) is 35.1. The van der Waals surface area contributed by atoms with Gasteiger partial charge in [0, 0.05) is 17.2 Å². The number of fused-ring (bicyclic) bond motifs is 2. The summed E-state index contributed by atoms with van der Waals surface area (Å²) in [5, 5.41) is 15.4. The first-order valence-electron chi connectivity index (χ1n) is 21.0. The molecule has 2 unspecified atom stereocenters. The molecular formula is C51H39N7O4S4. The number of thioether (sulfide) groups is 1. The Bertz CT molecular complexity index is 2910. The van der Waals surface area contributed by atoms with Crippen molar-refractivity contribution in [2.24, 2.45) is 5.16 Å². The van der Waals surface area contributed by atoms with Gasteiger partial charge in [0.2, 0.25) is 5.91 Å². The average molecular weight is 942 g/mol. The van der Waals surface area contributed by atoms with Gasteiger partial charge in [0.05, 0.1) is 0 Å². The molecule has 0 saturated carbocycles. The van der Waals surface area contributed by atoms with Crippen molar-refractivity contribution >= 4 is 90.3 Å². The van der Waals surface area contributed by atoms with Crippen LogP contribution < -0.4 is 10.6 Å². The minimum absolute atomic E-state index is 0.0826. The third kappa shape index (κ3) is 8.15. The lowest BCUT2D eigenvalue weighted by Crippen LogP contribution is -2.74. The van der Waals surface area contributed by atoms with Crippen molar-refractivity contribution < 1.29 is 19.2 Å². The smallest absolute Gasteiger partial charge is 0.276 e. The number of nitrogens with zero attached hydrogens (tertiary/aromatic N) is 5. The molecule has 10 rings (SSSR count). The number of benzene rings is 5. The van der Waals surface area contributed by atoms with Crippen LogP contribution >= 0.6 is 46.7 Å². The van der Waals surface area contributed by atoms with E-state index in [0.717, 1.165) is 38.2 Å². The summed E-state index contributed by atoms with van der Waals surface area (Å²) >= 11 is 10.3. The number of oxime groups is 1. The predicted octanol–water partition coefficient (Wildman–Crippen LogP) is 9.85. The van der Waals surface area contributed by atoms with E-state index in [1.165, 1.54) is 41.5 Å². The Morgan fingerprint density at radius 1 is 0.788 bits per heavy atom. The highest BCUT2D eigenvalue weighted by Crippen LogP contribution is 2.46. The highest BCUT2D eigenvalue weighted by Gasteiger charge is 2.56. The maximum absolute atomic E-state index is 14.5. The molecule has 3 atom stereocenters. The number of carbonyl (C=O) groups is 2. The highest BCUT2D eigenvalue weighted by atomic mass is 32.2. The normalized spacial score (nSPS) is 17.1. The lowest BCUT2D eigenvalue weighted by Gasteiger charge is -2.52. The number of amides is 2. The quantitative estimate of drug-likeness (QED) is 0.0357. The van der Waals surface area contributed by atoms with Crippen LogP contribution in [0, 0.1) is 0 Å². The van der Waals surface area contributed by atoms with Crippen LogP contribution in [-0.2, 0) is 24.7 Å². The fraction of sp³-hybridized carbons (Fsp3) is 0.118. The van der Waals surface area contributed by atoms with E-state index in [2.05, 4.69) is 57.2 Å². The van der Waals surface area contributed by atoms with Gasteiger partial charge in [-0.3, -0.25) is 9.59 Å². The minimum atomic E-state index is -0.929. The standard InChI is InChI=1S/C51H39N7O4S4/c1-61-57-40(39-31-65-50(54-39)56-51(34-22-11-4-12-23-34,35-24-13-5-14-25-35)36-26-15-6-16-27-36)44(59)55-41-47(60)58-42(37(30-64-48(41)58)45-53-38-28-17-29-52-46(38)66-45)49(63)62-43(32-18-7-2-8-19-32)33-20-9-3-10-21-33/h2-31,41-43,48H,1H3,(H,54,56)(H,55,59)/b57-40-/t41?,42?,48-/m1/s1. The van der Waals surface area contributed by atoms with Crippen LogP contribution in [0.3, 0.4) is 0 Å². The van der Waals surface area contributed by atoms with Crippen LogP contribution in [0.1, 0.15) is 44.6 Å². The molecule has 8 aromatic rings. The Morgan fingerprint density at radius 2 is 1.36 bits per heavy atom. The average Bonchev–Trinajstić information content (AvgIpc) is 4.04. The Kier molecular flexibility index (Phi) is 12.2. The summed E-state index contributed by atoms with van der Waals surface area (Å²) in [7, 11) is 1.37. The number of aromatic nitrogens is 3. The topological polar surface area (TPSA) is 131 Å². The van der Waals surface area contributed by atoms with Gasteiger partial charge in [0.1, 0.15) is 57.3 Å². The van der Waals surface area contributed by atoms with Gasteiger partial charge in [-0.25, -0.2) is 15.0 Å². The van der Waals surface area contributed by atoms with E-state index in [0.29, 0.717) is 15.7 Å². The third-order valence-corrected chi connectivity index (χ3v) is 14.7. The molecule has 2 aliphatic heterocycles. The van der Waals surface area contributed by atoms with Crippen LogP contribution in [0.4, 0.5) is 5.13 Å². The van der Waals surface area contributed by atoms with Gasteiger partial charge in [0.15, 0.2) is 15.9 Å². The molecule has 0 spiro atoms. The molecule has 66 heavy (non-hydrogen) atoms. The SMILES string of the molecule is CO/N=C(\C(=O)NC1C(=O)N2C(C(=S)OC(c3ccccc3)c3ccccc3)C(c3nc4cccnc4s3)=CS[C@H]12)c1csc(NC(c2ccccc2)(c2ccccc2)c2ccccc2)n1. The zero-order valence-corrected chi connectivity index (χ0v) is 38.4. The number of thiazole rings is 2. The molecule has 15 heteroatoms. The number of anilines is 1. The number of rotatable bonds is 14. The van der Waals surface area contributed by atoms with Gasteiger partial charge in [-0.15, -0.1) is 23.1 Å². The van der Waals surface area contributed by atoms with Crippen molar-refractivity contribution in [3.63, 3.8) is 0 Å². The van der Waals surface area contributed by atoms with Gasteiger partial charge in [0.25, 0.3) is 5.91 Å². The molecule has 0 bridgehead atoms. The summed E-state index contributed by atoms with van der Waals surface area (Å²) in [5.74, 6) is -0.961. The van der Waals surface area contributed by atoms with Gasteiger partial charge in [-0.05, 0) is 57.6 Å². The molecule has 5 aromatic carbocycles. The monoisotopic (exact) mass is 941 g/mol. The number of thiocarbonyl (C=S) groups is 1. The molecule has 326 valence electrons. The molecule has 3 aromatic heterocycles. The van der Waals surface area contributed by atoms with E-state index in [4.69, 9.17) is 31.8 Å². The van der Waals surface area contributed by atoms with E-state index in [9.17, 15) is 9.59 Å². The van der Waals surface area contributed by atoms with E-state index >= 15 is 0 Å². The summed E-state index contributed by atoms with van der Waals surface area (Å²) < 4.78 is 6.77. The molecule has 5 heterocycles.